The first-order valence-electron chi connectivity index (χ1n) is 6.89. The number of hydrogen-bond donors (Lipinski definition) is 0. The van der Waals surface area contributed by atoms with Crippen molar-refractivity contribution >= 4 is 22.9 Å². The van der Waals surface area contributed by atoms with Gasteiger partial charge in [0.1, 0.15) is 0 Å². The van der Waals surface area contributed by atoms with Gasteiger partial charge in [0.05, 0.1) is 12.1 Å². The number of nitrogens with zero attached hydrogens (tertiary/aromatic N) is 1. The van der Waals surface area contributed by atoms with E-state index in [2.05, 4.69) is 18.0 Å². The second-order valence-corrected chi connectivity index (χ2v) is 4.61. The summed E-state index contributed by atoms with van der Waals surface area (Å²) in [4.78, 5) is 16.1. The van der Waals surface area contributed by atoms with Crippen LogP contribution in [-0.4, -0.2) is 17.6 Å². The summed E-state index contributed by atoms with van der Waals surface area (Å²) in [6, 6.07) is 8.14. The van der Waals surface area contributed by atoms with Crippen LogP contribution < -0.4 is 0 Å². The number of fused-ring (bicyclic) bond motifs is 1. The molecule has 2 aromatic rings. The van der Waals surface area contributed by atoms with Crippen LogP contribution in [0.4, 0.5) is 0 Å². The minimum atomic E-state index is -0.318. The van der Waals surface area contributed by atoms with Crippen molar-refractivity contribution in [1.82, 2.24) is 4.98 Å². The van der Waals surface area contributed by atoms with Crippen LogP contribution in [0.15, 0.2) is 30.3 Å². The molecule has 0 aliphatic heterocycles. The summed E-state index contributed by atoms with van der Waals surface area (Å²) in [5.41, 5.74) is 4.17. The number of aromatic nitrogens is 1. The third-order valence-electron chi connectivity index (χ3n) is 3.15. The molecule has 0 atom stereocenters. The van der Waals surface area contributed by atoms with Crippen molar-refractivity contribution in [3.05, 3.63) is 47.2 Å². The van der Waals surface area contributed by atoms with Crippen LogP contribution in [0.1, 0.15) is 30.7 Å². The Hall–Kier alpha value is -2.16. The number of aryl methyl sites for hydroxylation is 2. The zero-order chi connectivity index (χ0) is 14.5. The molecule has 0 radical (unpaired) electrons. The number of rotatable bonds is 4. The van der Waals surface area contributed by atoms with Gasteiger partial charge in [-0.3, -0.25) is 4.98 Å². The summed E-state index contributed by atoms with van der Waals surface area (Å²) in [7, 11) is 0. The van der Waals surface area contributed by atoms with E-state index in [0.29, 0.717) is 6.61 Å². The van der Waals surface area contributed by atoms with E-state index in [9.17, 15) is 4.79 Å². The number of ether oxygens (including phenoxy) is 1. The number of pyridine rings is 1. The van der Waals surface area contributed by atoms with Gasteiger partial charge < -0.3 is 4.74 Å². The SMILES string of the molecule is CCOC(=O)/C=C/c1cc(C)nc2c(CC)cccc12. The van der Waals surface area contributed by atoms with Crippen molar-refractivity contribution in [3.8, 4) is 0 Å². The van der Waals surface area contributed by atoms with Gasteiger partial charge in [-0.05, 0) is 43.5 Å². The lowest BCUT2D eigenvalue weighted by atomic mass is 10.0. The molecule has 0 aliphatic carbocycles. The Morgan fingerprint density at radius 1 is 1.35 bits per heavy atom. The van der Waals surface area contributed by atoms with Crippen LogP contribution in [0.25, 0.3) is 17.0 Å². The van der Waals surface area contributed by atoms with Crippen LogP contribution in [0.3, 0.4) is 0 Å². The first-order chi connectivity index (χ1) is 9.65. The third-order valence-corrected chi connectivity index (χ3v) is 3.15. The molecule has 0 spiro atoms. The number of hydrogen-bond acceptors (Lipinski definition) is 3. The highest BCUT2D eigenvalue weighted by Crippen LogP contribution is 2.23. The van der Waals surface area contributed by atoms with E-state index in [-0.39, 0.29) is 5.97 Å². The highest BCUT2D eigenvalue weighted by molar-refractivity contribution is 5.94. The molecule has 104 valence electrons. The molecule has 3 heteroatoms. The molecule has 2 rings (SSSR count). The second kappa shape index (κ2) is 6.33. The average Bonchev–Trinajstić information content (AvgIpc) is 2.44. The van der Waals surface area contributed by atoms with Crippen molar-refractivity contribution in [1.29, 1.82) is 0 Å². The molecule has 0 aliphatic rings. The molecular weight excluding hydrogens is 250 g/mol. The van der Waals surface area contributed by atoms with Crippen molar-refractivity contribution in [2.75, 3.05) is 6.61 Å². The lowest BCUT2D eigenvalue weighted by molar-refractivity contribution is -0.137. The average molecular weight is 269 g/mol. The minimum absolute atomic E-state index is 0.318. The Morgan fingerprint density at radius 3 is 2.85 bits per heavy atom. The third kappa shape index (κ3) is 3.05. The maximum absolute atomic E-state index is 11.4. The van der Waals surface area contributed by atoms with Crippen LogP contribution in [0.5, 0.6) is 0 Å². The molecular formula is C17H19NO2. The molecule has 1 heterocycles. The first-order valence-corrected chi connectivity index (χ1v) is 6.89. The quantitative estimate of drug-likeness (QED) is 0.628. The van der Waals surface area contributed by atoms with E-state index in [1.807, 2.05) is 25.1 Å². The number of benzene rings is 1. The zero-order valence-corrected chi connectivity index (χ0v) is 12.1. The fourth-order valence-electron chi connectivity index (χ4n) is 2.24. The normalized spacial score (nSPS) is 11.2. The molecule has 3 nitrogen and oxygen atoms in total. The minimum Gasteiger partial charge on any atom is -0.463 e. The first kappa shape index (κ1) is 14.3. The molecule has 20 heavy (non-hydrogen) atoms. The van der Waals surface area contributed by atoms with Gasteiger partial charge in [0, 0.05) is 17.2 Å². The molecule has 1 aromatic carbocycles. The van der Waals surface area contributed by atoms with Gasteiger partial charge in [0.15, 0.2) is 0 Å². The highest BCUT2D eigenvalue weighted by Gasteiger charge is 2.06. The van der Waals surface area contributed by atoms with Crippen molar-refractivity contribution < 1.29 is 9.53 Å². The molecule has 1 aromatic heterocycles. The standard InChI is InChI=1S/C17H19NO2/c1-4-13-7-6-8-15-14(9-10-16(19)20-5-2)11-12(3)18-17(13)15/h6-11H,4-5H2,1-3H3/b10-9+. The molecule has 0 amide bonds. The number of esters is 1. The van der Waals surface area contributed by atoms with Gasteiger partial charge in [-0.1, -0.05) is 25.1 Å². The fourth-order valence-corrected chi connectivity index (χ4v) is 2.24. The van der Waals surface area contributed by atoms with E-state index in [0.717, 1.165) is 28.6 Å². The smallest absolute Gasteiger partial charge is 0.330 e. The van der Waals surface area contributed by atoms with E-state index >= 15 is 0 Å². The fraction of sp³-hybridized carbons (Fsp3) is 0.294. The number of para-hydroxylation sites is 1. The predicted molar refractivity (Wildman–Crippen MR) is 81.5 cm³/mol. The van der Waals surface area contributed by atoms with Crippen LogP contribution in [-0.2, 0) is 16.0 Å². The lowest BCUT2D eigenvalue weighted by Crippen LogP contribution is -1.99. The second-order valence-electron chi connectivity index (χ2n) is 4.61. The van der Waals surface area contributed by atoms with Gasteiger partial charge in [-0.2, -0.15) is 0 Å². The molecule has 0 saturated carbocycles. The van der Waals surface area contributed by atoms with E-state index in [4.69, 9.17) is 4.74 Å². The van der Waals surface area contributed by atoms with E-state index < -0.39 is 0 Å². The van der Waals surface area contributed by atoms with Crippen LogP contribution in [0.2, 0.25) is 0 Å². The summed E-state index contributed by atoms with van der Waals surface area (Å²) >= 11 is 0. The maximum atomic E-state index is 11.4. The molecule has 0 unspecified atom stereocenters. The van der Waals surface area contributed by atoms with Gasteiger partial charge in [-0.25, -0.2) is 4.79 Å². The van der Waals surface area contributed by atoms with Gasteiger partial charge in [0.25, 0.3) is 0 Å². The van der Waals surface area contributed by atoms with Crippen LogP contribution in [0, 0.1) is 6.92 Å². The van der Waals surface area contributed by atoms with Gasteiger partial charge in [-0.15, -0.1) is 0 Å². The summed E-state index contributed by atoms with van der Waals surface area (Å²) in [6.07, 6.45) is 4.21. The van der Waals surface area contributed by atoms with Crippen LogP contribution >= 0.6 is 0 Å². The summed E-state index contributed by atoms with van der Waals surface area (Å²) in [6.45, 7) is 6.27. The lowest BCUT2D eigenvalue weighted by Gasteiger charge is -2.08. The predicted octanol–water partition coefficient (Wildman–Crippen LogP) is 3.68. The van der Waals surface area contributed by atoms with Crippen molar-refractivity contribution in [2.45, 2.75) is 27.2 Å². The Kier molecular flexibility index (Phi) is 4.51. The molecule has 0 N–H and O–H groups in total. The van der Waals surface area contributed by atoms with Crippen molar-refractivity contribution in [3.63, 3.8) is 0 Å². The Morgan fingerprint density at radius 2 is 2.15 bits per heavy atom. The molecule has 0 saturated heterocycles. The number of carbonyl (C=O) groups is 1. The summed E-state index contributed by atoms with van der Waals surface area (Å²) in [5, 5.41) is 1.07. The largest absolute Gasteiger partial charge is 0.463 e. The highest BCUT2D eigenvalue weighted by atomic mass is 16.5. The van der Waals surface area contributed by atoms with Crippen molar-refractivity contribution in [2.24, 2.45) is 0 Å². The zero-order valence-electron chi connectivity index (χ0n) is 12.1. The Labute approximate surface area is 119 Å². The Balaban J connectivity index is 2.50. The van der Waals surface area contributed by atoms with Gasteiger partial charge in [0.2, 0.25) is 0 Å². The van der Waals surface area contributed by atoms with E-state index in [1.165, 1.54) is 11.6 Å². The van der Waals surface area contributed by atoms with Gasteiger partial charge >= 0.3 is 5.97 Å². The topological polar surface area (TPSA) is 39.2 Å². The monoisotopic (exact) mass is 269 g/mol. The summed E-state index contributed by atoms with van der Waals surface area (Å²) in [5.74, 6) is -0.318. The maximum Gasteiger partial charge on any atom is 0.330 e. The Bertz CT molecular complexity index is 659. The number of carbonyl (C=O) groups excluding carboxylic acids is 1. The molecule has 0 fully saturated rings. The molecule has 0 bridgehead atoms. The van der Waals surface area contributed by atoms with E-state index in [1.54, 1.807) is 13.0 Å². The summed E-state index contributed by atoms with van der Waals surface area (Å²) < 4.78 is 4.91.